The number of carbonyl (C=O) groups is 2. The minimum Gasteiger partial charge on any atom is -0.353 e. The molecule has 1 unspecified atom stereocenters. The molecule has 0 radical (unpaired) electrons. The normalized spacial score (nSPS) is 18.3. The molecule has 0 saturated carbocycles. The van der Waals surface area contributed by atoms with Crippen molar-refractivity contribution in [3.05, 3.63) is 0 Å². The molecule has 0 bridgehead atoms. The van der Waals surface area contributed by atoms with Crippen LogP contribution in [0.4, 0.5) is 0 Å². The Labute approximate surface area is 119 Å². The number of nitrogens with zero attached hydrogens (tertiary/aromatic N) is 1. The number of thioether (sulfide) groups is 1. The Morgan fingerprint density at radius 1 is 1.33 bits per heavy atom. The molecule has 0 aliphatic carbocycles. The van der Waals surface area contributed by atoms with Gasteiger partial charge in [-0.15, -0.1) is 24.2 Å². The molecule has 1 saturated heterocycles. The molecular weight excluding hydrogens is 274 g/mol. The van der Waals surface area contributed by atoms with Gasteiger partial charge in [-0.3, -0.25) is 9.59 Å². The third-order valence-electron chi connectivity index (χ3n) is 2.66. The summed E-state index contributed by atoms with van der Waals surface area (Å²) in [6.07, 6.45) is 0.460. The Bertz CT molecular complexity index is 279. The van der Waals surface area contributed by atoms with Gasteiger partial charge in [-0.05, 0) is 6.54 Å². The first-order valence-corrected chi connectivity index (χ1v) is 7.21. The van der Waals surface area contributed by atoms with Crippen LogP contribution in [-0.2, 0) is 9.59 Å². The number of hydrogen-bond donors (Lipinski definition) is 2. The first-order valence-electron chi connectivity index (χ1n) is 6.06. The molecule has 5 nitrogen and oxygen atoms in total. The van der Waals surface area contributed by atoms with Gasteiger partial charge >= 0.3 is 0 Å². The predicted octanol–water partition coefficient (Wildman–Crippen LogP) is 0.445. The molecule has 0 aromatic rings. The molecule has 0 aromatic heterocycles. The van der Waals surface area contributed by atoms with Crippen molar-refractivity contribution in [2.24, 2.45) is 0 Å². The number of amides is 2. The third-order valence-corrected chi connectivity index (χ3v) is 3.67. The Morgan fingerprint density at radius 2 is 2.06 bits per heavy atom. The highest BCUT2D eigenvalue weighted by Crippen LogP contribution is 2.21. The van der Waals surface area contributed by atoms with E-state index in [9.17, 15) is 9.59 Å². The van der Waals surface area contributed by atoms with Crippen LogP contribution in [0, 0.1) is 0 Å². The molecule has 1 aliphatic heterocycles. The minimum atomic E-state index is -0.283. The van der Waals surface area contributed by atoms with E-state index in [1.807, 2.05) is 13.8 Å². The average Bonchev–Trinajstić information content (AvgIpc) is 2.82. The molecule has 7 heteroatoms. The summed E-state index contributed by atoms with van der Waals surface area (Å²) in [5.41, 5.74) is 0. The lowest BCUT2D eigenvalue weighted by Gasteiger charge is -2.22. The van der Waals surface area contributed by atoms with Crippen molar-refractivity contribution < 1.29 is 9.59 Å². The molecule has 1 rings (SSSR count). The quantitative estimate of drug-likeness (QED) is 0.698. The zero-order valence-corrected chi connectivity index (χ0v) is 12.5. The lowest BCUT2D eigenvalue weighted by Crippen LogP contribution is -2.48. The monoisotopic (exact) mass is 295 g/mol. The van der Waals surface area contributed by atoms with Gasteiger partial charge in [0.15, 0.2) is 0 Å². The van der Waals surface area contributed by atoms with Gasteiger partial charge < -0.3 is 15.5 Å². The molecule has 106 valence electrons. The highest BCUT2D eigenvalue weighted by atomic mass is 35.5. The number of likely N-dealkylation sites (N-methyl/N-ethyl adjacent to an activating group) is 1. The van der Waals surface area contributed by atoms with Crippen LogP contribution in [0.2, 0.25) is 0 Å². The van der Waals surface area contributed by atoms with Crippen LogP contribution in [0.1, 0.15) is 20.3 Å². The van der Waals surface area contributed by atoms with Crippen molar-refractivity contribution in [3.63, 3.8) is 0 Å². The molecule has 2 N–H and O–H groups in total. The molecule has 0 spiro atoms. The van der Waals surface area contributed by atoms with E-state index in [1.165, 1.54) is 0 Å². The number of rotatable bonds is 6. The van der Waals surface area contributed by atoms with E-state index in [1.54, 1.807) is 16.7 Å². The lowest BCUT2D eigenvalue weighted by molar-refractivity contribution is -0.137. The molecule has 2 amide bonds. The van der Waals surface area contributed by atoms with E-state index < -0.39 is 0 Å². The van der Waals surface area contributed by atoms with Gasteiger partial charge in [-0.2, -0.15) is 0 Å². The van der Waals surface area contributed by atoms with Gasteiger partial charge in [0.05, 0.1) is 5.88 Å². The van der Waals surface area contributed by atoms with Gasteiger partial charge in [0.2, 0.25) is 11.8 Å². The Balaban J connectivity index is 0.00000289. The zero-order chi connectivity index (χ0) is 12.7. The summed E-state index contributed by atoms with van der Waals surface area (Å²) >= 11 is 1.63. The van der Waals surface area contributed by atoms with Crippen LogP contribution >= 0.6 is 24.2 Å². The Morgan fingerprint density at radius 3 is 2.67 bits per heavy atom. The van der Waals surface area contributed by atoms with Gasteiger partial charge in [-0.25, -0.2) is 0 Å². The average molecular weight is 296 g/mol. The van der Waals surface area contributed by atoms with Gasteiger partial charge in [0.1, 0.15) is 6.04 Å². The van der Waals surface area contributed by atoms with Gasteiger partial charge in [0.25, 0.3) is 0 Å². The van der Waals surface area contributed by atoms with E-state index in [2.05, 4.69) is 10.6 Å². The summed E-state index contributed by atoms with van der Waals surface area (Å²) in [5, 5.41) is 6.00. The van der Waals surface area contributed by atoms with Crippen molar-refractivity contribution in [2.75, 3.05) is 31.3 Å². The number of carbonyl (C=O) groups excluding carboxylic acids is 2. The highest BCUT2D eigenvalue weighted by Gasteiger charge is 2.33. The molecule has 1 fully saturated rings. The standard InChI is InChI=1S/C11H21N3O2S.ClH/c1-3-10(15)14-8-17-7-9(14)11(16)13-6-5-12-4-2;/h9,12H,3-8H2,1-2H3,(H,13,16);1H. The fourth-order valence-electron chi connectivity index (χ4n) is 1.68. The van der Waals surface area contributed by atoms with Crippen LogP contribution in [0.5, 0.6) is 0 Å². The van der Waals surface area contributed by atoms with Crippen molar-refractivity contribution in [1.29, 1.82) is 0 Å². The molecular formula is C11H22ClN3O2S. The van der Waals surface area contributed by atoms with E-state index in [4.69, 9.17) is 0 Å². The first kappa shape index (κ1) is 17.5. The molecule has 1 atom stereocenters. The van der Waals surface area contributed by atoms with Gasteiger partial charge in [-0.1, -0.05) is 13.8 Å². The number of hydrogen-bond acceptors (Lipinski definition) is 4. The lowest BCUT2D eigenvalue weighted by atomic mass is 10.2. The zero-order valence-electron chi connectivity index (χ0n) is 10.9. The fourth-order valence-corrected chi connectivity index (χ4v) is 2.86. The summed E-state index contributed by atoms with van der Waals surface area (Å²) in [6, 6.07) is -0.283. The molecule has 18 heavy (non-hydrogen) atoms. The number of halogens is 1. The van der Waals surface area contributed by atoms with Crippen LogP contribution in [0.25, 0.3) is 0 Å². The second-order valence-electron chi connectivity index (χ2n) is 3.88. The summed E-state index contributed by atoms with van der Waals surface area (Å²) in [5.74, 6) is 1.37. The topological polar surface area (TPSA) is 61.4 Å². The maximum absolute atomic E-state index is 11.9. The van der Waals surface area contributed by atoms with E-state index >= 15 is 0 Å². The van der Waals surface area contributed by atoms with E-state index in [-0.39, 0.29) is 30.3 Å². The second kappa shape index (κ2) is 9.47. The van der Waals surface area contributed by atoms with Crippen molar-refractivity contribution in [1.82, 2.24) is 15.5 Å². The predicted molar refractivity (Wildman–Crippen MR) is 77.1 cm³/mol. The maximum atomic E-state index is 11.9. The Hall–Kier alpha value is -0.460. The first-order chi connectivity index (χ1) is 8.20. The summed E-state index contributed by atoms with van der Waals surface area (Å²) in [4.78, 5) is 25.2. The summed E-state index contributed by atoms with van der Waals surface area (Å²) < 4.78 is 0. The van der Waals surface area contributed by atoms with Crippen LogP contribution in [0.15, 0.2) is 0 Å². The summed E-state index contributed by atoms with van der Waals surface area (Å²) in [6.45, 7) is 6.13. The van der Waals surface area contributed by atoms with Crippen molar-refractivity contribution >= 4 is 36.0 Å². The SMILES string of the molecule is CCNCCNC(=O)C1CSCN1C(=O)CC.Cl. The highest BCUT2D eigenvalue weighted by molar-refractivity contribution is 7.99. The molecule has 0 aromatic carbocycles. The van der Waals surface area contributed by atoms with Crippen LogP contribution in [-0.4, -0.2) is 54.0 Å². The second-order valence-corrected chi connectivity index (χ2v) is 4.88. The van der Waals surface area contributed by atoms with E-state index in [0.717, 1.165) is 13.1 Å². The molecule has 1 aliphatic rings. The van der Waals surface area contributed by atoms with Crippen LogP contribution in [0.3, 0.4) is 0 Å². The minimum absolute atomic E-state index is 0. The van der Waals surface area contributed by atoms with Crippen molar-refractivity contribution in [3.8, 4) is 0 Å². The number of nitrogens with one attached hydrogen (secondary N) is 2. The molecule has 1 heterocycles. The summed E-state index contributed by atoms with van der Waals surface area (Å²) in [7, 11) is 0. The third kappa shape index (κ3) is 5.04. The maximum Gasteiger partial charge on any atom is 0.243 e. The van der Waals surface area contributed by atoms with E-state index in [0.29, 0.717) is 24.6 Å². The van der Waals surface area contributed by atoms with Gasteiger partial charge in [0, 0.05) is 25.3 Å². The fraction of sp³-hybridized carbons (Fsp3) is 0.818. The Kier molecular flexibility index (Phi) is 9.23. The van der Waals surface area contributed by atoms with Crippen LogP contribution < -0.4 is 10.6 Å². The largest absolute Gasteiger partial charge is 0.353 e. The smallest absolute Gasteiger partial charge is 0.243 e. The van der Waals surface area contributed by atoms with Crippen molar-refractivity contribution in [2.45, 2.75) is 26.3 Å².